The Bertz CT molecular complexity index is 399. The first-order valence-electron chi connectivity index (χ1n) is 5.49. The van der Waals surface area contributed by atoms with Crippen molar-refractivity contribution in [2.24, 2.45) is 5.73 Å². The normalized spacial score (nSPS) is 23.6. The molecule has 92 valence electrons. The molecule has 4 nitrogen and oxygen atoms in total. The van der Waals surface area contributed by atoms with Crippen LogP contribution in [0.4, 0.5) is 4.39 Å². The van der Waals surface area contributed by atoms with Gasteiger partial charge in [-0.25, -0.2) is 4.39 Å². The molecule has 0 spiro atoms. The van der Waals surface area contributed by atoms with Gasteiger partial charge in [0.2, 0.25) is 5.91 Å². The summed E-state index contributed by atoms with van der Waals surface area (Å²) in [5.41, 5.74) is 5.81. The largest absolute Gasteiger partial charge is 0.379 e. The summed E-state index contributed by atoms with van der Waals surface area (Å²) in [6, 6.07) is 5.98. The van der Waals surface area contributed by atoms with E-state index in [-0.39, 0.29) is 18.3 Å². The molecular formula is C12H15FN2O2. The Hall–Kier alpha value is -1.46. The van der Waals surface area contributed by atoms with Gasteiger partial charge in [0.15, 0.2) is 0 Å². The van der Waals surface area contributed by atoms with E-state index in [9.17, 15) is 9.18 Å². The maximum atomic E-state index is 12.7. The average molecular weight is 238 g/mol. The molecule has 0 bridgehead atoms. The summed E-state index contributed by atoms with van der Waals surface area (Å²) < 4.78 is 17.8. The van der Waals surface area contributed by atoms with Crippen LogP contribution >= 0.6 is 0 Å². The number of halogens is 1. The van der Waals surface area contributed by atoms with Crippen LogP contribution in [0.25, 0.3) is 0 Å². The van der Waals surface area contributed by atoms with Crippen molar-refractivity contribution < 1.29 is 13.9 Å². The van der Waals surface area contributed by atoms with Crippen molar-refractivity contribution >= 4 is 5.91 Å². The van der Waals surface area contributed by atoms with Gasteiger partial charge < -0.3 is 15.8 Å². The minimum Gasteiger partial charge on any atom is -0.379 e. The zero-order valence-corrected chi connectivity index (χ0v) is 9.41. The topological polar surface area (TPSA) is 64.4 Å². The van der Waals surface area contributed by atoms with E-state index in [1.54, 1.807) is 12.1 Å². The number of rotatable bonds is 3. The highest BCUT2D eigenvalue weighted by Gasteiger charge is 2.37. The van der Waals surface area contributed by atoms with Crippen molar-refractivity contribution in [3.63, 3.8) is 0 Å². The minimum atomic E-state index is -0.917. The third kappa shape index (κ3) is 2.81. The number of amides is 1. The summed E-state index contributed by atoms with van der Waals surface area (Å²) in [5, 5.41) is 2.73. The third-order valence-corrected chi connectivity index (χ3v) is 2.87. The van der Waals surface area contributed by atoms with Crippen molar-refractivity contribution in [3.05, 3.63) is 35.6 Å². The number of carbonyl (C=O) groups is 1. The number of hydrogen-bond acceptors (Lipinski definition) is 3. The lowest BCUT2D eigenvalue weighted by molar-refractivity contribution is -0.126. The summed E-state index contributed by atoms with van der Waals surface area (Å²) >= 11 is 0. The molecule has 1 amide bonds. The molecule has 0 radical (unpaired) electrons. The van der Waals surface area contributed by atoms with Crippen LogP contribution in [0.2, 0.25) is 0 Å². The minimum absolute atomic E-state index is 0.223. The van der Waals surface area contributed by atoms with E-state index in [4.69, 9.17) is 10.5 Å². The molecule has 1 aliphatic heterocycles. The fourth-order valence-corrected chi connectivity index (χ4v) is 1.72. The summed E-state index contributed by atoms with van der Waals surface area (Å²) in [6.45, 7) is 1.11. The van der Waals surface area contributed by atoms with E-state index in [2.05, 4.69) is 5.32 Å². The smallest absolute Gasteiger partial charge is 0.242 e. The van der Waals surface area contributed by atoms with Crippen LogP contribution in [0.5, 0.6) is 0 Å². The van der Waals surface area contributed by atoms with Crippen LogP contribution in [0.3, 0.4) is 0 Å². The second-order valence-corrected chi connectivity index (χ2v) is 4.27. The lowest BCUT2D eigenvalue weighted by Crippen LogP contribution is -2.54. The van der Waals surface area contributed by atoms with Crippen LogP contribution < -0.4 is 11.1 Å². The van der Waals surface area contributed by atoms with Crippen LogP contribution in [0.1, 0.15) is 12.0 Å². The first-order chi connectivity index (χ1) is 8.10. The number of hydrogen-bond donors (Lipinski definition) is 2. The Morgan fingerprint density at radius 2 is 2.18 bits per heavy atom. The number of carbonyl (C=O) groups excluding carboxylic acids is 1. The SMILES string of the molecule is NC1(C(=O)NCc2ccc(F)cc2)CCOC1. The second-order valence-electron chi connectivity index (χ2n) is 4.27. The van der Waals surface area contributed by atoms with Gasteiger partial charge in [0.25, 0.3) is 0 Å². The Labute approximate surface area is 98.9 Å². The maximum absolute atomic E-state index is 12.7. The molecule has 0 aliphatic carbocycles. The van der Waals surface area contributed by atoms with Gasteiger partial charge in [0, 0.05) is 13.2 Å². The summed E-state index contributed by atoms with van der Waals surface area (Å²) in [5.74, 6) is -0.515. The van der Waals surface area contributed by atoms with Gasteiger partial charge >= 0.3 is 0 Å². The fourth-order valence-electron chi connectivity index (χ4n) is 1.72. The van der Waals surface area contributed by atoms with Crippen molar-refractivity contribution in [3.8, 4) is 0 Å². The van der Waals surface area contributed by atoms with Crippen molar-refractivity contribution in [2.45, 2.75) is 18.5 Å². The van der Waals surface area contributed by atoms with Crippen LogP contribution in [-0.4, -0.2) is 24.7 Å². The fraction of sp³-hybridized carbons (Fsp3) is 0.417. The Morgan fingerprint density at radius 3 is 2.76 bits per heavy atom. The molecule has 1 atom stereocenters. The lowest BCUT2D eigenvalue weighted by atomic mass is 9.99. The van der Waals surface area contributed by atoms with Crippen LogP contribution in [0, 0.1) is 5.82 Å². The van der Waals surface area contributed by atoms with Gasteiger partial charge in [-0.2, -0.15) is 0 Å². The van der Waals surface area contributed by atoms with Crippen LogP contribution in [0.15, 0.2) is 24.3 Å². The van der Waals surface area contributed by atoms with E-state index in [0.29, 0.717) is 19.6 Å². The summed E-state index contributed by atoms with van der Waals surface area (Å²) in [6.07, 6.45) is 0.530. The molecule has 1 fully saturated rings. The van der Waals surface area contributed by atoms with Crippen LogP contribution in [-0.2, 0) is 16.1 Å². The Morgan fingerprint density at radius 1 is 1.47 bits per heavy atom. The summed E-state index contributed by atoms with van der Waals surface area (Å²) in [4.78, 5) is 11.8. The van der Waals surface area contributed by atoms with E-state index < -0.39 is 5.54 Å². The molecule has 1 aromatic rings. The van der Waals surface area contributed by atoms with Gasteiger partial charge in [0.1, 0.15) is 11.4 Å². The van der Waals surface area contributed by atoms with Gasteiger partial charge in [-0.05, 0) is 24.1 Å². The lowest BCUT2D eigenvalue weighted by Gasteiger charge is -2.20. The first kappa shape index (κ1) is 12.0. The van der Waals surface area contributed by atoms with E-state index in [0.717, 1.165) is 5.56 Å². The second kappa shape index (κ2) is 4.81. The molecule has 3 N–H and O–H groups in total. The molecule has 1 aromatic carbocycles. The molecule has 1 aliphatic rings. The standard InChI is InChI=1S/C12H15FN2O2/c13-10-3-1-9(2-4-10)7-15-11(16)12(14)5-6-17-8-12/h1-4H,5-8,14H2,(H,15,16). The highest BCUT2D eigenvalue weighted by Crippen LogP contribution is 2.15. The van der Waals surface area contributed by atoms with Gasteiger partial charge in [0.05, 0.1) is 6.61 Å². The van der Waals surface area contributed by atoms with Gasteiger partial charge in [-0.3, -0.25) is 4.79 Å². The molecule has 1 heterocycles. The van der Waals surface area contributed by atoms with E-state index in [1.807, 2.05) is 0 Å². The van der Waals surface area contributed by atoms with Gasteiger partial charge in [-0.1, -0.05) is 12.1 Å². The molecule has 2 rings (SSSR count). The summed E-state index contributed by atoms with van der Waals surface area (Å²) in [7, 11) is 0. The number of benzene rings is 1. The zero-order chi connectivity index (χ0) is 12.3. The van der Waals surface area contributed by atoms with E-state index in [1.165, 1.54) is 12.1 Å². The van der Waals surface area contributed by atoms with Crippen molar-refractivity contribution in [1.29, 1.82) is 0 Å². The zero-order valence-electron chi connectivity index (χ0n) is 9.41. The van der Waals surface area contributed by atoms with Gasteiger partial charge in [-0.15, -0.1) is 0 Å². The van der Waals surface area contributed by atoms with Crippen molar-refractivity contribution in [1.82, 2.24) is 5.32 Å². The van der Waals surface area contributed by atoms with Crippen molar-refractivity contribution in [2.75, 3.05) is 13.2 Å². The highest BCUT2D eigenvalue weighted by atomic mass is 19.1. The number of nitrogens with two attached hydrogens (primary N) is 1. The number of ether oxygens (including phenoxy) is 1. The first-order valence-corrected chi connectivity index (χ1v) is 5.49. The molecule has 5 heteroatoms. The molecule has 0 aromatic heterocycles. The predicted octanol–water partition coefficient (Wildman–Crippen LogP) is 0.560. The molecule has 1 saturated heterocycles. The molecular weight excluding hydrogens is 223 g/mol. The molecule has 1 unspecified atom stereocenters. The molecule has 0 saturated carbocycles. The van der Waals surface area contributed by atoms with E-state index >= 15 is 0 Å². The monoisotopic (exact) mass is 238 g/mol. The Kier molecular flexibility index (Phi) is 3.40. The average Bonchev–Trinajstić information content (AvgIpc) is 2.76. The highest BCUT2D eigenvalue weighted by molar-refractivity contribution is 5.86. The predicted molar refractivity (Wildman–Crippen MR) is 60.6 cm³/mol. The quantitative estimate of drug-likeness (QED) is 0.808. The third-order valence-electron chi connectivity index (χ3n) is 2.87. The Balaban J connectivity index is 1.89. The number of nitrogens with one attached hydrogen (secondary N) is 1. The molecule has 17 heavy (non-hydrogen) atoms. The maximum Gasteiger partial charge on any atom is 0.242 e.